The summed E-state index contributed by atoms with van der Waals surface area (Å²) in [6.45, 7) is 0.171. The van der Waals surface area contributed by atoms with Gasteiger partial charge in [-0.05, 0) is 5.92 Å². The zero-order chi connectivity index (χ0) is 6.69. The Labute approximate surface area is 54.2 Å². The van der Waals surface area contributed by atoms with Gasteiger partial charge >= 0.3 is 0 Å². The average molecular weight is 129 g/mol. The van der Waals surface area contributed by atoms with Crippen molar-refractivity contribution in [2.45, 2.75) is 25.7 Å². The summed E-state index contributed by atoms with van der Waals surface area (Å²) in [5.41, 5.74) is 0. The summed E-state index contributed by atoms with van der Waals surface area (Å²) in [5, 5.41) is 9.85. The first-order chi connectivity index (χ1) is 4.29. The molecule has 0 aromatic rings. The van der Waals surface area contributed by atoms with Gasteiger partial charge in [0.05, 0.1) is 0 Å². The molecule has 3 nitrogen and oxygen atoms in total. The zero-order valence-electron chi connectivity index (χ0n) is 5.38. The molecule has 0 spiro atoms. The van der Waals surface area contributed by atoms with Gasteiger partial charge in [0, 0.05) is 11.3 Å². The molecule has 0 radical (unpaired) electrons. The van der Waals surface area contributed by atoms with Gasteiger partial charge in [0.1, 0.15) is 0 Å². The second-order valence-electron chi connectivity index (χ2n) is 2.64. The maximum Gasteiger partial charge on any atom is 0.204 e. The Bertz CT molecular complexity index is 110. The van der Waals surface area contributed by atoms with Gasteiger partial charge in [-0.25, -0.2) is 0 Å². The van der Waals surface area contributed by atoms with E-state index in [0.717, 1.165) is 6.42 Å². The molecule has 1 aliphatic rings. The molecule has 0 N–H and O–H groups in total. The summed E-state index contributed by atoms with van der Waals surface area (Å²) in [6.07, 6.45) is 4.51. The highest BCUT2D eigenvalue weighted by Gasteiger charge is 2.18. The lowest BCUT2D eigenvalue weighted by Gasteiger charge is -2.22. The fourth-order valence-corrected chi connectivity index (χ4v) is 1.07. The standard InChI is InChI=1S/C6H11NO2/c8-7(9)5-4-6-2-1-3-6/h6H,1-5H2. The van der Waals surface area contributed by atoms with Crippen LogP contribution in [-0.2, 0) is 0 Å². The molecule has 3 heteroatoms. The van der Waals surface area contributed by atoms with Crippen LogP contribution in [0.5, 0.6) is 0 Å². The smallest absolute Gasteiger partial charge is 0.204 e. The van der Waals surface area contributed by atoms with Crippen LogP contribution < -0.4 is 0 Å². The lowest BCUT2D eigenvalue weighted by Crippen LogP contribution is -2.15. The van der Waals surface area contributed by atoms with Gasteiger partial charge in [0.25, 0.3) is 0 Å². The van der Waals surface area contributed by atoms with Crippen molar-refractivity contribution in [3.63, 3.8) is 0 Å². The quantitative estimate of drug-likeness (QED) is 0.427. The third kappa shape index (κ3) is 2.00. The van der Waals surface area contributed by atoms with E-state index >= 15 is 0 Å². The third-order valence-electron chi connectivity index (χ3n) is 1.94. The van der Waals surface area contributed by atoms with Crippen molar-refractivity contribution in [2.75, 3.05) is 6.54 Å². The molecule has 1 fully saturated rings. The first kappa shape index (κ1) is 6.52. The summed E-state index contributed by atoms with van der Waals surface area (Å²) >= 11 is 0. The molecule has 0 aromatic heterocycles. The molecule has 52 valence electrons. The van der Waals surface area contributed by atoms with Gasteiger partial charge in [-0.3, -0.25) is 10.1 Å². The topological polar surface area (TPSA) is 43.1 Å². The molecule has 0 saturated heterocycles. The van der Waals surface area contributed by atoms with Crippen molar-refractivity contribution < 1.29 is 4.92 Å². The lowest BCUT2D eigenvalue weighted by molar-refractivity contribution is -0.482. The second kappa shape index (κ2) is 2.80. The van der Waals surface area contributed by atoms with Gasteiger partial charge in [-0.15, -0.1) is 0 Å². The molecular weight excluding hydrogens is 118 g/mol. The minimum atomic E-state index is -0.224. The molecule has 0 atom stereocenters. The summed E-state index contributed by atoms with van der Waals surface area (Å²) in [4.78, 5) is 9.63. The van der Waals surface area contributed by atoms with E-state index in [0.29, 0.717) is 5.92 Å². The number of hydrogen-bond acceptors (Lipinski definition) is 2. The SMILES string of the molecule is O=[N+]([O-])CCC1CCC1. The second-order valence-corrected chi connectivity index (χ2v) is 2.64. The van der Waals surface area contributed by atoms with Crippen molar-refractivity contribution in [1.29, 1.82) is 0 Å². The molecule has 0 unspecified atom stereocenters. The van der Waals surface area contributed by atoms with Crippen LogP contribution in [0.4, 0.5) is 0 Å². The highest BCUT2D eigenvalue weighted by molar-refractivity contribution is 4.68. The van der Waals surface area contributed by atoms with Crippen LogP contribution in [0.15, 0.2) is 0 Å². The first-order valence-corrected chi connectivity index (χ1v) is 3.41. The summed E-state index contributed by atoms with van der Waals surface area (Å²) in [7, 11) is 0. The monoisotopic (exact) mass is 129 g/mol. The van der Waals surface area contributed by atoms with Gasteiger partial charge in [0.15, 0.2) is 0 Å². The minimum absolute atomic E-state index is 0.171. The predicted molar refractivity (Wildman–Crippen MR) is 33.8 cm³/mol. The summed E-state index contributed by atoms with van der Waals surface area (Å²) < 4.78 is 0. The molecule has 0 aromatic carbocycles. The van der Waals surface area contributed by atoms with Gasteiger partial charge in [-0.2, -0.15) is 0 Å². The zero-order valence-corrected chi connectivity index (χ0v) is 5.38. The van der Waals surface area contributed by atoms with Crippen LogP contribution in [0, 0.1) is 16.0 Å². The van der Waals surface area contributed by atoms with E-state index in [4.69, 9.17) is 0 Å². The van der Waals surface area contributed by atoms with Crippen LogP contribution in [0.1, 0.15) is 25.7 Å². The van der Waals surface area contributed by atoms with Crippen LogP contribution in [0.25, 0.3) is 0 Å². The van der Waals surface area contributed by atoms with Crippen LogP contribution in [0.3, 0.4) is 0 Å². The highest BCUT2D eigenvalue weighted by atomic mass is 16.6. The highest BCUT2D eigenvalue weighted by Crippen LogP contribution is 2.28. The number of hydrogen-bond donors (Lipinski definition) is 0. The molecule has 0 amide bonds. The maximum atomic E-state index is 9.85. The Hall–Kier alpha value is -0.600. The normalized spacial score (nSPS) is 19.1. The van der Waals surface area contributed by atoms with Gasteiger partial charge in [0.2, 0.25) is 6.54 Å². The van der Waals surface area contributed by atoms with Crippen molar-refractivity contribution in [3.05, 3.63) is 10.1 Å². The fraction of sp³-hybridized carbons (Fsp3) is 1.00. The predicted octanol–water partition coefficient (Wildman–Crippen LogP) is 1.45. The molecule has 1 rings (SSSR count). The summed E-state index contributed by atoms with van der Waals surface area (Å²) in [6, 6.07) is 0. The Balaban J connectivity index is 1.97. The lowest BCUT2D eigenvalue weighted by atomic mass is 9.83. The number of nitro groups is 1. The van der Waals surface area contributed by atoms with Crippen molar-refractivity contribution >= 4 is 0 Å². The van der Waals surface area contributed by atoms with E-state index in [1.165, 1.54) is 19.3 Å². The van der Waals surface area contributed by atoms with E-state index in [-0.39, 0.29) is 11.5 Å². The maximum absolute atomic E-state index is 9.85. The molecule has 1 saturated carbocycles. The Morgan fingerprint density at radius 3 is 2.56 bits per heavy atom. The fourth-order valence-electron chi connectivity index (χ4n) is 1.07. The Kier molecular flexibility index (Phi) is 2.03. The van der Waals surface area contributed by atoms with Crippen LogP contribution in [-0.4, -0.2) is 11.5 Å². The minimum Gasteiger partial charge on any atom is -0.265 e. The van der Waals surface area contributed by atoms with Crippen LogP contribution >= 0.6 is 0 Å². The van der Waals surface area contributed by atoms with E-state index in [1.54, 1.807) is 0 Å². The molecule has 0 aliphatic heterocycles. The van der Waals surface area contributed by atoms with Crippen molar-refractivity contribution in [1.82, 2.24) is 0 Å². The number of nitrogens with zero attached hydrogens (tertiary/aromatic N) is 1. The molecule has 9 heavy (non-hydrogen) atoms. The molecular formula is C6H11NO2. The van der Waals surface area contributed by atoms with Gasteiger partial charge < -0.3 is 0 Å². The van der Waals surface area contributed by atoms with E-state index < -0.39 is 0 Å². The molecule has 1 aliphatic carbocycles. The third-order valence-corrected chi connectivity index (χ3v) is 1.94. The van der Waals surface area contributed by atoms with E-state index in [9.17, 15) is 10.1 Å². The van der Waals surface area contributed by atoms with Crippen molar-refractivity contribution in [3.8, 4) is 0 Å². The molecule has 0 bridgehead atoms. The van der Waals surface area contributed by atoms with E-state index in [1.807, 2.05) is 0 Å². The van der Waals surface area contributed by atoms with Gasteiger partial charge in [-0.1, -0.05) is 19.3 Å². The Morgan fingerprint density at radius 1 is 1.56 bits per heavy atom. The number of rotatable bonds is 3. The average Bonchev–Trinajstić information content (AvgIpc) is 1.60. The molecule has 0 heterocycles. The largest absolute Gasteiger partial charge is 0.265 e. The van der Waals surface area contributed by atoms with Crippen LogP contribution in [0.2, 0.25) is 0 Å². The van der Waals surface area contributed by atoms with Crippen molar-refractivity contribution in [2.24, 2.45) is 5.92 Å². The van der Waals surface area contributed by atoms with E-state index in [2.05, 4.69) is 0 Å². The first-order valence-electron chi connectivity index (χ1n) is 3.41. The Morgan fingerprint density at radius 2 is 2.22 bits per heavy atom. The summed E-state index contributed by atoms with van der Waals surface area (Å²) in [5.74, 6) is 0.676.